The van der Waals surface area contributed by atoms with Crippen molar-refractivity contribution < 1.29 is 14.3 Å². The number of rotatable bonds is 6. The average molecular weight is 356 g/mol. The Kier molecular flexibility index (Phi) is 6.01. The second-order valence-electron chi connectivity index (χ2n) is 6.13. The fraction of sp³-hybridized carbons (Fsp3) is 0.421. The first-order valence-electron chi connectivity index (χ1n) is 8.85. The van der Waals surface area contributed by atoms with E-state index in [9.17, 15) is 4.79 Å². The lowest BCUT2D eigenvalue weighted by Gasteiger charge is -2.14. The van der Waals surface area contributed by atoms with Crippen LogP contribution in [0.15, 0.2) is 29.8 Å². The summed E-state index contributed by atoms with van der Waals surface area (Å²) in [5.74, 6) is 0.384. The maximum atomic E-state index is 12.5. The van der Waals surface area contributed by atoms with E-state index in [0.717, 1.165) is 37.2 Å². The predicted molar refractivity (Wildman–Crippen MR) is 98.2 cm³/mol. The summed E-state index contributed by atoms with van der Waals surface area (Å²) in [4.78, 5) is 12.5. The zero-order chi connectivity index (χ0) is 18.4. The highest BCUT2D eigenvalue weighted by Gasteiger charge is 2.21. The van der Waals surface area contributed by atoms with Gasteiger partial charge in [-0.2, -0.15) is 0 Å². The maximum absolute atomic E-state index is 12.5. The van der Waals surface area contributed by atoms with Gasteiger partial charge in [0.25, 0.3) is 0 Å². The molecule has 0 atom stereocenters. The Labute approximate surface area is 153 Å². The van der Waals surface area contributed by atoms with Crippen molar-refractivity contribution >= 4 is 12.0 Å². The summed E-state index contributed by atoms with van der Waals surface area (Å²) in [6.07, 6.45) is 4.04. The van der Waals surface area contributed by atoms with Gasteiger partial charge in [0.15, 0.2) is 5.69 Å². The highest BCUT2D eigenvalue weighted by molar-refractivity contribution is 5.91. The van der Waals surface area contributed by atoms with Crippen LogP contribution < -0.4 is 10.1 Å². The molecule has 0 spiro atoms. The third-order valence-corrected chi connectivity index (χ3v) is 4.27. The van der Waals surface area contributed by atoms with Crippen LogP contribution in [-0.2, 0) is 11.3 Å². The van der Waals surface area contributed by atoms with E-state index in [2.05, 4.69) is 15.6 Å². The Morgan fingerprint density at radius 2 is 2.15 bits per heavy atom. The molecule has 0 bridgehead atoms. The summed E-state index contributed by atoms with van der Waals surface area (Å²) in [5, 5.41) is 11.8. The summed E-state index contributed by atoms with van der Waals surface area (Å²) in [6, 6.07) is 7.65. The largest absolute Gasteiger partial charge is 0.497 e. The van der Waals surface area contributed by atoms with Gasteiger partial charge in [0.05, 0.1) is 20.3 Å². The number of nitrogens with one attached hydrogen (secondary N) is 1. The molecule has 138 valence electrons. The predicted octanol–water partition coefficient (Wildman–Crippen LogP) is 2.28. The molecule has 7 heteroatoms. The highest BCUT2D eigenvalue weighted by atomic mass is 16.5. The van der Waals surface area contributed by atoms with Crippen molar-refractivity contribution in [3.05, 3.63) is 46.8 Å². The number of benzene rings is 1. The minimum Gasteiger partial charge on any atom is -0.497 e. The molecule has 1 fully saturated rings. The highest BCUT2D eigenvalue weighted by Crippen LogP contribution is 2.18. The molecule has 3 rings (SSSR count). The second-order valence-corrected chi connectivity index (χ2v) is 6.13. The number of ether oxygens (including phenoxy) is 2. The van der Waals surface area contributed by atoms with Gasteiger partial charge in [0, 0.05) is 6.54 Å². The van der Waals surface area contributed by atoms with Gasteiger partial charge in [-0.25, -0.2) is 9.48 Å². The molecule has 0 saturated carbocycles. The molecule has 0 amide bonds. The quantitative estimate of drug-likeness (QED) is 0.800. The Bertz CT molecular complexity index is 773. The summed E-state index contributed by atoms with van der Waals surface area (Å²) >= 11 is 0. The zero-order valence-electron chi connectivity index (χ0n) is 15.2. The van der Waals surface area contributed by atoms with E-state index in [0.29, 0.717) is 24.5 Å². The van der Waals surface area contributed by atoms with Crippen molar-refractivity contribution in [3.8, 4) is 5.75 Å². The fourth-order valence-electron chi connectivity index (χ4n) is 2.94. The standard InChI is InChI=1S/C19H24N4O3/c1-3-26-19(24)18-17(11-15-5-4-10-20-12-15)21-22-23(18)13-14-6-8-16(25-2)9-7-14/h6-9,11,20H,3-5,10,12-13H2,1-2H3. The van der Waals surface area contributed by atoms with Crippen LogP contribution in [0, 0.1) is 0 Å². The van der Waals surface area contributed by atoms with Gasteiger partial charge in [-0.3, -0.25) is 0 Å². The number of nitrogens with zero attached hydrogens (tertiary/aromatic N) is 3. The lowest BCUT2D eigenvalue weighted by molar-refractivity contribution is 0.0512. The monoisotopic (exact) mass is 356 g/mol. The minimum absolute atomic E-state index is 0.310. The molecule has 0 radical (unpaired) electrons. The van der Waals surface area contributed by atoms with Crippen molar-refractivity contribution in [1.82, 2.24) is 20.3 Å². The Balaban J connectivity index is 1.89. The molecular formula is C19H24N4O3. The molecule has 0 unspecified atom stereocenters. The van der Waals surface area contributed by atoms with Crippen LogP contribution in [0.2, 0.25) is 0 Å². The number of aromatic nitrogens is 3. The number of hydrogen-bond acceptors (Lipinski definition) is 6. The maximum Gasteiger partial charge on any atom is 0.358 e. The lowest BCUT2D eigenvalue weighted by atomic mass is 10.0. The number of piperidine rings is 1. The van der Waals surface area contributed by atoms with E-state index in [4.69, 9.17) is 9.47 Å². The van der Waals surface area contributed by atoms with Crippen LogP contribution in [0.1, 0.15) is 41.5 Å². The van der Waals surface area contributed by atoms with Crippen LogP contribution >= 0.6 is 0 Å². The van der Waals surface area contributed by atoms with Crippen molar-refractivity contribution in [2.24, 2.45) is 0 Å². The van der Waals surface area contributed by atoms with Crippen LogP contribution in [-0.4, -0.2) is 47.8 Å². The van der Waals surface area contributed by atoms with Crippen molar-refractivity contribution in [2.45, 2.75) is 26.3 Å². The Morgan fingerprint density at radius 1 is 1.35 bits per heavy atom. The molecule has 1 saturated heterocycles. The van der Waals surface area contributed by atoms with E-state index in [-0.39, 0.29) is 0 Å². The molecule has 2 heterocycles. The number of carbonyl (C=O) groups is 1. The fourth-order valence-corrected chi connectivity index (χ4v) is 2.94. The first-order chi connectivity index (χ1) is 12.7. The van der Waals surface area contributed by atoms with E-state index >= 15 is 0 Å². The molecule has 7 nitrogen and oxygen atoms in total. The number of hydrogen-bond donors (Lipinski definition) is 1. The zero-order valence-corrected chi connectivity index (χ0v) is 15.2. The van der Waals surface area contributed by atoms with Gasteiger partial charge in [-0.1, -0.05) is 22.9 Å². The normalized spacial score (nSPS) is 15.8. The van der Waals surface area contributed by atoms with Crippen LogP contribution in [0.5, 0.6) is 5.75 Å². The first kappa shape index (κ1) is 18.1. The van der Waals surface area contributed by atoms with Gasteiger partial charge in [-0.15, -0.1) is 5.10 Å². The third-order valence-electron chi connectivity index (χ3n) is 4.27. The molecule has 2 aromatic rings. The van der Waals surface area contributed by atoms with Gasteiger partial charge in [0.1, 0.15) is 11.4 Å². The van der Waals surface area contributed by atoms with Gasteiger partial charge in [0.2, 0.25) is 0 Å². The van der Waals surface area contributed by atoms with Crippen molar-refractivity contribution in [2.75, 3.05) is 26.8 Å². The SMILES string of the molecule is CCOC(=O)c1c(C=C2CCCNC2)nnn1Cc1ccc(OC)cc1. The van der Waals surface area contributed by atoms with Crippen molar-refractivity contribution in [3.63, 3.8) is 0 Å². The summed E-state index contributed by atoms with van der Waals surface area (Å²) in [5.41, 5.74) is 3.18. The topological polar surface area (TPSA) is 78.3 Å². The van der Waals surface area contributed by atoms with Crippen molar-refractivity contribution in [1.29, 1.82) is 0 Å². The van der Waals surface area contributed by atoms with Crippen LogP contribution in [0.25, 0.3) is 6.08 Å². The molecule has 1 aromatic carbocycles. The van der Waals surface area contributed by atoms with Crippen LogP contribution in [0.4, 0.5) is 0 Å². The lowest BCUT2D eigenvalue weighted by Crippen LogP contribution is -2.23. The van der Waals surface area contributed by atoms with Crippen LogP contribution in [0.3, 0.4) is 0 Å². The van der Waals surface area contributed by atoms with E-state index < -0.39 is 5.97 Å². The third kappa shape index (κ3) is 4.29. The van der Waals surface area contributed by atoms with Gasteiger partial charge >= 0.3 is 5.97 Å². The average Bonchev–Trinajstić information content (AvgIpc) is 3.05. The molecule has 0 aliphatic carbocycles. The summed E-state index contributed by atoms with van der Waals surface area (Å²) < 4.78 is 12.0. The van der Waals surface area contributed by atoms with E-state index in [1.807, 2.05) is 30.3 Å². The molecular weight excluding hydrogens is 332 g/mol. The molecule has 26 heavy (non-hydrogen) atoms. The molecule has 1 aliphatic heterocycles. The smallest absolute Gasteiger partial charge is 0.358 e. The number of carbonyl (C=O) groups excluding carboxylic acids is 1. The summed E-state index contributed by atoms with van der Waals surface area (Å²) in [6.45, 7) is 4.37. The molecule has 1 N–H and O–H groups in total. The van der Waals surface area contributed by atoms with Gasteiger partial charge in [-0.05, 0) is 50.1 Å². The Hall–Kier alpha value is -2.67. The number of esters is 1. The first-order valence-corrected chi connectivity index (χ1v) is 8.85. The second kappa shape index (κ2) is 8.62. The van der Waals surface area contributed by atoms with E-state index in [1.165, 1.54) is 5.57 Å². The molecule has 1 aromatic heterocycles. The number of methoxy groups -OCH3 is 1. The van der Waals surface area contributed by atoms with E-state index in [1.54, 1.807) is 18.7 Å². The summed E-state index contributed by atoms with van der Waals surface area (Å²) in [7, 11) is 1.63. The Morgan fingerprint density at radius 3 is 2.81 bits per heavy atom. The van der Waals surface area contributed by atoms with Gasteiger partial charge < -0.3 is 14.8 Å². The molecule has 1 aliphatic rings. The minimum atomic E-state index is -0.401.